The van der Waals surface area contributed by atoms with Gasteiger partial charge in [-0.05, 0) is 48.7 Å². The van der Waals surface area contributed by atoms with E-state index >= 15 is 0 Å². The minimum atomic E-state index is -0.731. The van der Waals surface area contributed by atoms with Crippen molar-refractivity contribution in [2.24, 2.45) is 0 Å². The highest BCUT2D eigenvalue weighted by Crippen LogP contribution is 2.33. The molecule has 2 aromatic carbocycles. The Labute approximate surface area is 186 Å². The summed E-state index contributed by atoms with van der Waals surface area (Å²) in [5, 5.41) is 13.4. The van der Waals surface area contributed by atoms with Gasteiger partial charge in [0.25, 0.3) is 5.56 Å². The standard InChI is InChI=1S/C25H25N5O2/c1-25(2)10-12-29-23(32)14-21(20-9-11-26-16-27-20)28-24(29)30(25)15-22(31)19-8-7-17-5-3-4-6-18(17)13-19/h3-9,11,13-14,16,22,31H,10,12,15H2,1-2H3. The summed E-state index contributed by atoms with van der Waals surface area (Å²) in [5.41, 5.74) is 1.54. The number of benzene rings is 2. The molecular weight excluding hydrogens is 402 g/mol. The lowest BCUT2D eigenvalue weighted by Gasteiger charge is -2.45. The minimum absolute atomic E-state index is 0.121. The molecule has 1 atom stereocenters. The second kappa shape index (κ2) is 7.84. The highest BCUT2D eigenvalue weighted by atomic mass is 16.3. The summed E-state index contributed by atoms with van der Waals surface area (Å²) in [6.07, 6.45) is 3.12. The summed E-state index contributed by atoms with van der Waals surface area (Å²) in [4.78, 5) is 28.0. The highest BCUT2D eigenvalue weighted by Gasteiger charge is 2.36. The molecular formula is C25H25N5O2. The Morgan fingerprint density at radius 1 is 1.06 bits per heavy atom. The van der Waals surface area contributed by atoms with E-state index in [0.717, 1.165) is 22.8 Å². The lowest BCUT2D eigenvalue weighted by atomic mass is 9.94. The fourth-order valence-electron chi connectivity index (χ4n) is 4.30. The second-order valence-electron chi connectivity index (χ2n) is 8.82. The monoisotopic (exact) mass is 427 g/mol. The molecule has 32 heavy (non-hydrogen) atoms. The zero-order chi connectivity index (χ0) is 22.3. The summed E-state index contributed by atoms with van der Waals surface area (Å²) in [6, 6.07) is 17.4. The first-order valence-corrected chi connectivity index (χ1v) is 10.7. The molecule has 1 N–H and O–H groups in total. The van der Waals surface area contributed by atoms with Crippen molar-refractivity contribution in [2.75, 3.05) is 11.4 Å². The van der Waals surface area contributed by atoms with Crippen molar-refractivity contribution in [3.05, 3.63) is 83.0 Å². The fraction of sp³-hybridized carbons (Fsp3) is 0.280. The molecule has 1 aliphatic heterocycles. The molecule has 7 heteroatoms. The van der Waals surface area contributed by atoms with Crippen molar-refractivity contribution in [2.45, 2.75) is 38.5 Å². The van der Waals surface area contributed by atoms with E-state index in [1.807, 2.05) is 41.3 Å². The van der Waals surface area contributed by atoms with Crippen molar-refractivity contribution >= 4 is 16.7 Å². The third-order valence-corrected chi connectivity index (χ3v) is 6.27. The van der Waals surface area contributed by atoms with Gasteiger partial charge in [0, 0.05) is 24.3 Å². The number of hydrogen-bond donors (Lipinski definition) is 1. The predicted molar refractivity (Wildman–Crippen MR) is 124 cm³/mol. The maximum Gasteiger partial charge on any atom is 0.255 e. The van der Waals surface area contributed by atoms with Crippen molar-refractivity contribution in [3.8, 4) is 11.4 Å². The van der Waals surface area contributed by atoms with Crippen LogP contribution in [0.15, 0.2) is 71.9 Å². The van der Waals surface area contributed by atoms with Gasteiger partial charge in [0.05, 0.1) is 24.0 Å². The average molecular weight is 428 g/mol. The molecule has 1 aliphatic rings. The molecule has 7 nitrogen and oxygen atoms in total. The molecule has 1 unspecified atom stereocenters. The van der Waals surface area contributed by atoms with Gasteiger partial charge in [-0.25, -0.2) is 15.0 Å². The molecule has 2 aromatic heterocycles. The molecule has 0 saturated carbocycles. The molecule has 0 amide bonds. The van der Waals surface area contributed by atoms with Gasteiger partial charge < -0.3 is 10.0 Å². The van der Waals surface area contributed by atoms with E-state index in [4.69, 9.17) is 4.98 Å². The molecule has 4 aromatic rings. The number of fused-ring (bicyclic) bond motifs is 2. The van der Waals surface area contributed by atoms with Crippen LogP contribution in [0.2, 0.25) is 0 Å². The molecule has 162 valence electrons. The van der Waals surface area contributed by atoms with Crippen LogP contribution in [0.3, 0.4) is 0 Å². The number of rotatable bonds is 4. The van der Waals surface area contributed by atoms with Crippen LogP contribution >= 0.6 is 0 Å². The Kier molecular flexibility index (Phi) is 4.98. The first kappa shape index (κ1) is 20.3. The number of aliphatic hydroxyl groups is 1. The number of β-amino-alcohol motifs (C(OH)–C–C–N with tert-alkyl or cyclic N) is 1. The zero-order valence-electron chi connectivity index (χ0n) is 18.1. The molecule has 0 radical (unpaired) electrons. The van der Waals surface area contributed by atoms with E-state index in [9.17, 15) is 9.90 Å². The first-order chi connectivity index (χ1) is 15.4. The normalized spacial score (nSPS) is 16.0. The summed E-state index contributed by atoms with van der Waals surface area (Å²) < 4.78 is 1.68. The Hall–Kier alpha value is -3.58. The number of anilines is 1. The van der Waals surface area contributed by atoms with Crippen LogP contribution in [0.25, 0.3) is 22.2 Å². The molecule has 0 fully saturated rings. The summed E-state index contributed by atoms with van der Waals surface area (Å²) in [7, 11) is 0. The fourth-order valence-corrected chi connectivity index (χ4v) is 4.30. The second-order valence-corrected chi connectivity index (χ2v) is 8.82. The van der Waals surface area contributed by atoms with E-state index in [2.05, 4.69) is 29.9 Å². The van der Waals surface area contributed by atoms with Crippen molar-refractivity contribution < 1.29 is 5.11 Å². The predicted octanol–water partition coefficient (Wildman–Crippen LogP) is 3.58. The average Bonchev–Trinajstić information content (AvgIpc) is 2.81. The number of aromatic nitrogens is 4. The number of nitrogens with zero attached hydrogens (tertiary/aromatic N) is 5. The minimum Gasteiger partial charge on any atom is -0.387 e. The van der Waals surface area contributed by atoms with Crippen LogP contribution in [0.4, 0.5) is 5.95 Å². The van der Waals surface area contributed by atoms with Crippen LogP contribution in [0.5, 0.6) is 0 Å². The van der Waals surface area contributed by atoms with Crippen LogP contribution < -0.4 is 10.5 Å². The van der Waals surface area contributed by atoms with Gasteiger partial charge >= 0.3 is 0 Å². The highest BCUT2D eigenvalue weighted by molar-refractivity contribution is 5.83. The van der Waals surface area contributed by atoms with Crippen LogP contribution in [-0.4, -0.2) is 36.7 Å². The Morgan fingerprint density at radius 3 is 2.66 bits per heavy atom. The lowest BCUT2D eigenvalue weighted by Crippen LogP contribution is -2.53. The van der Waals surface area contributed by atoms with Crippen molar-refractivity contribution in [1.29, 1.82) is 0 Å². The van der Waals surface area contributed by atoms with Crippen LogP contribution in [0, 0.1) is 0 Å². The summed E-state index contributed by atoms with van der Waals surface area (Å²) in [5.74, 6) is 0.558. The maximum absolute atomic E-state index is 12.9. The summed E-state index contributed by atoms with van der Waals surface area (Å²) >= 11 is 0. The van der Waals surface area contributed by atoms with Crippen molar-refractivity contribution in [3.63, 3.8) is 0 Å². The Balaban J connectivity index is 1.54. The number of aliphatic hydroxyl groups excluding tert-OH is 1. The van der Waals surface area contributed by atoms with Crippen molar-refractivity contribution in [1.82, 2.24) is 19.5 Å². The van der Waals surface area contributed by atoms with E-state index in [1.165, 1.54) is 12.4 Å². The topological polar surface area (TPSA) is 84.1 Å². The Morgan fingerprint density at radius 2 is 1.88 bits per heavy atom. The van der Waals surface area contributed by atoms with Crippen LogP contribution in [-0.2, 0) is 6.54 Å². The molecule has 5 rings (SSSR count). The van der Waals surface area contributed by atoms with Crippen LogP contribution in [0.1, 0.15) is 31.9 Å². The molecule has 3 heterocycles. The van der Waals surface area contributed by atoms with Gasteiger partial charge in [-0.15, -0.1) is 0 Å². The van der Waals surface area contributed by atoms with Gasteiger partial charge in [-0.2, -0.15) is 0 Å². The number of hydrogen-bond acceptors (Lipinski definition) is 6. The molecule has 0 aliphatic carbocycles. The third-order valence-electron chi connectivity index (χ3n) is 6.27. The maximum atomic E-state index is 12.9. The van der Waals surface area contributed by atoms with Gasteiger partial charge in [0.15, 0.2) is 0 Å². The van der Waals surface area contributed by atoms with Gasteiger partial charge in [0.1, 0.15) is 6.33 Å². The zero-order valence-corrected chi connectivity index (χ0v) is 18.1. The molecule has 0 spiro atoms. The van der Waals surface area contributed by atoms with E-state index in [0.29, 0.717) is 30.4 Å². The molecule has 0 bridgehead atoms. The third kappa shape index (κ3) is 3.65. The van der Waals surface area contributed by atoms with Gasteiger partial charge in [-0.1, -0.05) is 36.4 Å². The smallest absolute Gasteiger partial charge is 0.255 e. The largest absolute Gasteiger partial charge is 0.387 e. The van der Waals surface area contributed by atoms with E-state index < -0.39 is 6.10 Å². The quantitative estimate of drug-likeness (QED) is 0.536. The van der Waals surface area contributed by atoms with Gasteiger partial charge in [0.2, 0.25) is 5.95 Å². The lowest BCUT2D eigenvalue weighted by molar-refractivity contribution is 0.169. The SMILES string of the molecule is CC1(C)CCn2c(nc(-c3ccncn3)cc2=O)N1CC(O)c1ccc2ccccc2c1. The Bertz CT molecular complexity index is 1330. The first-order valence-electron chi connectivity index (χ1n) is 10.7. The van der Waals surface area contributed by atoms with E-state index in [1.54, 1.807) is 16.8 Å². The van der Waals surface area contributed by atoms with Gasteiger partial charge in [-0.3, -0.25) is 9.36 Å². The molecule has 0 saturated heterocycles. The van der Waals surface area contributed by atoms with E-state index in [-0.39, 0.29) is 11.1 Å². The summed E-state index contributed by atoms with van der Waals surface area (Å²) in [6.45, 7) is 5.14.